The topological polar surface area (TPSA) is 26.3 Å². The molecular formula is C16H22O2. The zero-order valence-electron chi connectivity index (χ0n) is 11.4. The Kier molecular flexibility index (Phi) is 12.2. The normalized spacial score (nSPS) is 9.22. The minimum atomic E-state index is -0.164. The second-order valence-corrected chi connectivity index (χ2v) is 3.77. The predicted octanol–water partition coefficient (Wildman–Crippen LogP) is 3.47. The SMILES string of the molecule is CCCC#CCC=CCC#CCCCC(=O)OC. The maximum atomic E-state index is 10.8. The minimum Gasteiger partial charge on any atom is -0.469 e. The lowest BCUT2D eigenvalue weighted by atomic mass is 10.2. The molecule has 2 nitrogen and oxygen atoms in total. The van der Waals surface area contributed by atoms with Crippen LogP contribution in [-0.4, -0.2) is 13.1 Å². The molecule has 0 bridgehead atoms. The first kappa shape index (κ1) is 16.3. The number of hydrogen-bond acceptors (Lipinski definition) is 2. The number of allylic oxidation sites excluding steroid dienone is 2. The monoisotopic (exact) mass is 246 g/mol. The summed E-state index contributed by atoms with van der Waals surface area (Å²) in [7, 11) is 1.40. The fourth-order valence-electron chi connectivity index (χ4n) is 1.15. The van der Waals surface area contributed by atoms with Crippen LogP contribution in [0.25, 0.3) is 0 Å². The van der Waals surface area contributed by atoms with Gasteiger partial charge in [-0.2, -0.15) is 0 Å². The van der Waals surface area contributed by atoms with Crippen molar-refractivity contribution in [3.63, 3.8) is 0 Å². The van der Waals surface area contributed by atoms with Gasteiger partial charge in [-0.15, -0.1) is 11.8 Å². The van der Waals surface area contributed by atoms with Crippen LogP contribution in [0, 0.1) is 23.7 Å². The summed E-state index contributed by atoms with van der Waals surface area (Å²) in [5.74, 6) is 12.1. The highest BCUT2D eigenvalue weighted by molar-refractivity contribution is 5.69. The lowest BCUT2D eigenvalue weighted by Gasteiger charge is -1.93. The van der Waals surface area contributed by atoms with E-state index in [1.807, 2.05) is 12.2 Å². The maximum absolute atomic E-state index is 10.8. The molecule has 0 saturated carbocycles. The van der Waals surface area contributed by atoms with Gasteiger partial charge >= 0.3 is 5.97 Å². The molecule has 0 aliphatic carbocycles. The van der Waals surface area contributed by atoms with Crippen LogP contribution in [0.3, 0.4) is 0 Å². The second-order valence-electron chi connectivity index (χ2n) is 3.77. The van der Waals surface area contributed by atoms with Gasteiger partial charge in [0.2, 0.25) is 0 Å². The van der Waals surface area contributed by atoms with Gasteiger partial charge in [0.05, 0.1) is 7.11 Å². The highest BCUT2D eigenvalue weighted by Crippen LogP contribution is 1.95. The number of carbonyl (C=O) groups is 1. The van der Waals surface area contributed by atoms with E-state index in [-0.39, 0.29) is 5.97 Å². The van der Waals surface area contributed by atoms with Crippen LogP contribution in [0.5, 0.6) is 0 Å². The summed E-state index contributed by atoms with van der Waals surface area (Å²) in [5.41, 5.74) is 0. The number of unbranched alkanes of at least 4 members (excludes halogenated alkanes) is 2. The molecule has 0 atom stereocenters. The third kappa shape index (κ3) is 12.4. The third-order valence-electron chi connectivity index (χ3n) is 2.14. The van der Waals surface area contributed by atoms with Crippen LogP contribution >= 0.6 is 0 Å². The molecule has 0 spiro atoms. The van der Waals surface area contributed by atoms with Gasteiger partial charge in [-0.25, -0.2) is 0 Å². The number of hydrogen-bond donors (Lipinski definition) is 0. The molecule has 0 heterocycles. The standard InChI is InChI=1S/C16H22O2/c1-3-4-5-6-7-8-9-10-11-12-13-14-15-16(17)18-2/h8-9H,3-4,7,10,13-15H2,1-2H3. The van der Waals surface area contributed by atoms with Gasteiger partial charge in [0.1, 0.15) is 0 Å². The lowest BCUT2D eigenvalue weighted by Crippen LogP contribution is -1.98. The van der Waals surface area contributed by atoms with Gasteiger partial charge in [-0.3, -0.25) is 4.79 Å². The van der Waals surface area contributed by atoms with Gasteiger partial charge in [0.25, 0.3) is 0 Å². The molecule has 0 unspecified atom stereocenters. The largest absolute Gasteiger partial charge is 0.469 e. The van der Waals surface area contributed by atoms with Crippen LogP contribution in [0.2, 0.25) is 0 Å². The Hall–Kier alpha value is -1.67. The molecule has 0 fully saturated rings. The first-order valence-electron chi connectivity index (χ1n) is 6.44. The van der Waals surface area contributed by atoms with E-state index in [2.05, 4.69) is 35.3 Å². The number of carbonyl (C=O) groups excluding carboxylic acids is 1. The molecule has 0 N–H and O–H groups in total. The van der Waals surface area contributed by atoms with E-state index in [1.54, 1.807) is 0 Å². The Morgan fingerprint density at radius 3 is 2.22 bits per heavy atom. The van der Waals surface area contributed by atoms with Crippen molar-refractivity contribution in [1.82, 2.24) is 0 Å². The number of methoxy groups -OCH3 is 1. The highest BCUT2D eigenvalue weighted by atomic mass is 16.5. The van der Waals surface area contributed by atoms with Crippen molar-refractivity contribution < 1.29 is 9.53 Å². The van der Waals surface area contributed by atoms with Gasteiger partial charge in [-0.1, -0.05) is 30.9 Å². The summed E-state index contributed by atoms with van der Waals surface area (Å²) in [6, 6.07) is 0. The number of esters is 1. The average molecular weight is 246 g/mol. The molecule has 0 aliphatic heterocycles. The van der Waals surface area contributed by atoms with Crippen LogP contribution in [-0.2, 0) is 9.53 Å². The molecule has 0 aromatic rings. The van der Waals surface area contributed by atoms with Crippen molar-refractivity contribution >= 4 is 5.97 Å². The zero-order chi connectivity index (χ0) is 13.5. The zero-order valence-corrected chi connectivity index (χ0v) is 11.4. The van der Waals surface area contributed by atoms with Crippen LogP contribution < -0.4 is 0 Å². The van der Waals surface area contributed by atoms with Crippen molar-refractivity contribution in [2.45, 2.75) is 51.9 Å². The smallest absolute Gasteiger partial charge is 0.305 e. The number of ether oxygens (including phenoxy) is 1. The van der Waals surface area contributed by atoms with Crippen molar-refractivity contribution in [1.29, 1.82) is 0 Å². The van der Waals surface area contributed by atoms with Gasteiger partial charge in [-0.05, 0) is 12.8 Å². The molecule has 18 heavy (non-hydrogen) atoms. The summed E-state index contributed by atoms with van der Waals surface area (Å²) >= 11 is 0. The fourth-order valence-corrected chi connectivity index (χ4v) is 1.15. The van der Waals surface area contributed by atoms with E-state index in [1.165, 1.54) is 7.11 Å². The van der Waals surface area contributed by atoms with E-state index in [9.17, 15) is 4.79 Å². The average Bonchev–Trinajstić information content (AvgIpc) is 2.39. The summed E-state index contributed by atoms with van der Waals surface area (Å²) in [6.45, 7) is 2.13. The number of rotatable bonds is 6. The van der Waals surface area contributed by atoms with E-state index >= 15 is 0 Å². The predicted molar refractivity (Wildman–Crippen MR) is 74.7 cm³/mol. The van der Waals surface area contributed by atoms with Crippen molar-refractivity contribution in [2.75, 3.05) is 7.11 Å². The Bertz CT molecular complexity index is 358. The maximum Gasteiger partial charge on any atom is 0.305 e. The third-order valence-corrected chi connectivity index (χ3v) is 2.14. The van der Waals surface area contributed by atoms with E-state index in [0.717, 1.165) is 38.5 Å². The van der Waals surface area contributed by atoms with E-state index in [0.29, 0.717) is 6.42 Å². The fraction of sp³-hybridized carbons (Fsp3) is 0.562. The van der Waals surface area contributed by atoms with Crippen molar-refractivity contribution in [2.24, 2.45) is 0 Å². The summed E-state index contributed by atoms with van der Waals surface area (Å²) in [4.78, 5) is 10.8. The molecule has 0 amide bonds. The van der Waals surface area contributed by atoms with Gasteiger partial charge < -0.3 is 4.74 Å². The van der Waals surface area contributed by atoms with Crippen LogP contribution in [0.1, 0.15) is 51.9 Å². The van der Waals surface area contributed by atoms with Gasteiger partial charge in [0.15, 0.2) is 0 Å². The van der Waals surface area contributed by atoms with E-state index in [4.69, 9.17) is 0 Å². The molecule has 0 aromatic carbocycles. The molecule has 0 radical (unpaired) electrons. The second kappa shape index (κ2) is 13.4. The van der Waals surface area contributed by atoms with Crippen molar-refractivity contribution in [3.05, 3.63) is 12.2 Å². The summed E-state index contributed by atoms with van der Waals surface area (Å²) in [5, 5.41) is 0. The highest BCUT2D eigenvalue weighted by Gasteiger charge is 1.96. The Morgan fingerprint density at radius 2 is 1.67 bits per heavy atom. The van der Waals surface area contributed by atoms with Gasteiger partial charge in [0, 0.05) is 32.1 Å². The molecule has 0 aromatic heterocycles. The molecule has 2 heteroatoms. The Morgan fingerprint density at radius 1 is 1.06 bits per heavy atom. The minimum absolute atomic E-state index is 0.164. The first-order chi connectivity index (χ1) is 8.81. The van der Waals surface area contributed by atoms with Crippen molar-refractivity contribution in [3.8, 4) is 23.7 Å². The molecular weight excluding hydrogens is 224 g/mol. The van der Waals surface area contributed by atoms with Crippen LogP contribution in [0.15, 0.2) is 12.2 Å². The molecule has 0 rings (SSSR count). The van der Waals surface area contributed by atoms with Crippen LogP contribution in [0.4, 0.5) is 0 Å². The lowest BCUT2D eigenvalue weighted by molar-refractivity contribution is -0.140. The quantitative estimate of drug-likeness (QED) is 0.310. The first-order valence-corrected chi connectivity index (χ1v) is 6.44. The Labute approximate surface area is 111 Å². The van der Waals surface area contributed by atoms with E-state index < -0.39 is 0 Å². The molecule has 0 aliphatic rings. The summed E-state index contributed by atoms with van der Waals surface area (Å²) < 4.78 is 4.54. The Balaban J connectivity index is 3.46. The molecule has 0 saturated heterocycles. The summed E-state index contributed by atoms with van der Waals surface area (Å²) in [6.07, 6.45) is 9.72. The molecule has 98 valence electrons.